The summed E-state index contributed by atoms with van der Waals surface area (Å²) in [6.45, 7) is 2.42. The first-order valence-corrected chi connectivity index (χ1v) is 12.9. The number of likely N-dealkylation sites (N-methyl/N-ethyl adjacent to an activating group) is 1. The molecular formula is C24H29N5O5S. The molecule has 3 aromatic rings. The van der Waals surface area contributed by atoms with Crippen molar-refractivity contribution in [1.29, 1.82) is 5.26 Å². The highest BCUT2D eigenvalue weighted by Crippen LogP contribution is 2.29. The largest absolute Gasteiger partial charge is 0.465 e. The number of anilines is 1. The van der Waals surface area contributed by atoms with Crippen molar-refractivity contribution in [2.45, 2.75) is 19.6 Å². The molecule has 0 aliphatic heterocycles. The molecule has 0 aliphatic rings. The minimum atomic E-state index is -3.58. The topological polar surface area (TPSA) is 129 Å². The molecule has 1 aromatic heterocycles. The van der Waals surface area contributed by atoms with Gasteiger partial charge >= 0.3 is 5.97 Å². The number of fused-ring (bicyclic) bond motifs is 1. The second-order valence-electron chi connectivity index (χ2n) is 8.31. The molecule has 10 nitrogen and oxygen atoms in total. The number of nitriles is 1. The number of esters is 1. The monoisotopic (exact) mass is 499 g/mol. The summed E-state index contributed by atoms with van der Waals surface area (Å²) in [5.74, 6) is -0.313. The van der Waals surface area contributed by atoms with Crippen molar-refractivity contribution in [3.05, 3.63) is 59.4 Å². The van der Waals surface area contributed by atoms with Crippen molar-refractivity contribution in [3.63, 3.8) is 0 Å². The molecule has 0 amide bonds. The first-order valence-electron chi connectivity index (χ1n) is 11.0. The fourth-order valence-electron chi connectivity index (χ4n) is 3.66. The van der Waals surface area contributed by atoms with E-state index in [0.29, 0.717) is 34.4 Å². The lowest BCUT2D eigenvalue weighted by molar-refractivity contribution is -0.143. The average Bonchev–Trinajstić information content (AvgIpc) is 3.15. The van der Waals surface area contributed by atoms with E-state index in [1.54, 1.807) is 49.4 Å². The first-order chi connectivity index (χ1) is 16.5. The molecule has 3 rings (SSSR count). The maximum atomic E-state index is 12.5. The van der Waals surface area contributed by atoms with Crippen LogP contribution in [0, 0.1) is 11.3 Å². The quantitative estimate of drug-likeness (QED) is 0.419. The van der Waals surface area contributed by atoms with E-state index in [9.17, 15) is 18.3 Å². The lowest BCUT2D eigenvalue weighted by Crippen LogP contribution is -2.36. The van der Waals surface area contributed by atoms with Gasteiger partial charge in [-0.05, 0) is 56.9 Å². The molecule has 35 heavy (non-hydrogen) atoms. The number of ether oxygens (including phenoxy) is 1. The number of benzene rings is 2. The molecule has 186 valence electrons. The van der Waals surface area contributed by atoms with E-state index < -0.39 is 22.1 Å². The molecule has 1 heterocycles. The summed E-state index contributed by atoms with van der Waals surface area (Å²) >= 11 is 0. The molecule has 0 bridgehead atoms. The summed E-state index contributed by atoms with van der Waals surface area (Å²) in [5, 5.41) is 20.1. The van der Waals surface area contributed by atoms with Crippen LogP contribution in [0.4, 0.5) is 5.69 Å². The number of hydrogen-bond acceptors (Lipinski definition) is 8. The van der Waals surface area contributed by atoms with Crippen LogP contribution in [0.1, 0.15) is 30.0 Å². The van der Waals surface area contributed by atoms with Gasteiger partial charge < -0.3 is 19.3 Å². The van der Waals surface area contributed by atoms with Gasteiger partial charge in [-0.15, -0.1) is 0 Å². The summed E-state index contributed by atoms with van der Waals surface area (Å²) in [4.78, 5) is 18.8. The smallest absolute Gasteiger partial charge is 0.326 e. The minimum Gasteiger partial charge on any atom is -0.465 e. The number of aromatic nitrogens is 2. The molecule has 1 N–H and O–H groups in total. The highest BCUT2D eigenvalue weighted by Gasteiger charge is 2.24. The minimum absolute atomic E-state index is 0.191. The van der Waals surface area contributed by atoms with E-state index in [2.05, 4.69) is 4.98 Å². The zero-order valence-electron chi connectivity index (χ0n) is 20.2. The summed E-state index contributed by atoms with van der Waals surface area (Å²) in [5.41, 5.74) is 2.34. The summed E-state index contributed by atoms with van der Waals surface area (Å²) in [6.07, 6.45) is -0.0455. The average molecular weight is 500 g/mol. The van der Waals surface area contributed by atoms with Crippen LogP contribution in [0.25, 0.3) is 11.0 Å². The van der Waals surface area contributed by atoms with Gasteiger partial charge in [-0.3, -0.25) is 9.10 Å². The SMILES string of the molecule is CCOC(=O)Cn1c(C(O)c2ccc(C#N)cc2)nc2ccc(N(CCN(C)C)S(C)(=O)=O)cc21. The second kappa shape index (κ2) is 10.9. The van der Waals surface area contributed by atoms with Crippen molar-refractivity contribution in [2.24, 2.45) is 0 Å². The van der Waals surface area contributed by atoms with E-state index in [4.69, 9.17) is 10.00 Å². The molecule has 2 aromatic carbocycles. The zero-order valence-corrected chi connectivity index (χ0v) is 21.0. The van der Waals surface area contributed by atoms with Crippen molar-refractivity contribution in [3.8, 4) is 6.07 Å². The Morgan fingerprint density at radius 3 is 2.46 bits per heavy atom. The van der Waals surface area contributed by atoms with Crippen LogP contribution < -0.4 is 4.31 Å². The number of hydrogen-bond donors (Lipinski definition) is 1. The highest BCUT2D eigenvalue weighted by molar-refractivity contribution is 7.92. The van der Waals surface area contributed by atoms with E-state index in [-0.39, 0.29) is 25.5 Å². The van der Waals surface area contributed by atoms with Gasteiger partial charge in [0, 0.05) is 13.1 Å². The highest BCUT2D eigenvalue weighted by atomic mass is 32.2. The van der Waals surface area contributed by atoms with Crippen LogP contribution in [-0.2, 0) is 26.1 Å². The maximum Gasteiger partial charge on any atom is 0.326 e. The predicted molar refractivity (Wildman–Crippen MR) is 132 cm³/mol. The second-order valence-corrected chi connectivity index (χ2v) is 10.2. The number of aliphatic hydroxyl groups is 1. The van der Waals surface area contributed by atoms with Gasteiger partial charge in [-0.1, -0.05) is 12.1 Å². The van der Waals surface area contributed by atoms with E-state index in [1.165, 1.54) is 8.87 Å². The molecule has 0 saturated carbocycles. The maximum absolute atomic E-state index is 12.5. The number of carbonyl (C=O) groups excluding carboxylic acids is 1. The van der Waals surface area contributed by atoms with Gasteiger partial charge in [0.2, 0.25) is 10.0 Å². The number of aliphatic hydroxyl groups excluding tert-OH is 1. The van der Waals surface area contributed by atoms with E-state index in [1.807, 2.05) is 25.1 Å². The van der Waals surface area contributed by atoms with Crippen LogP contribution in [0.2, 0.25) is 0 Å². The third-order valence-electron chi connectivity index (χ3n) is 5.39. The fraction of sp³-hybridized carbons (Fsp3) is 0.375. The van der Waals surface area contributed by atoms with Crippen molar-refractivity contribution in [1.82, 2.24) is 14.5 Å². The third kappa shape index (κ3) is 6.16. The molecule has 0 radical (unpaired) electrons. The Labute approximate surface area is 205 Å². The van der Waals surface area contributed by atoms with Crippen molar-refractivity contribution in [2.75, 3.05) is 44.4 Å². The molecule has 0 saturated heterocycles. The molecule has 11 heteroatoms. The molecular weight excluding hydrogens is 470 g/mol. The third-order valence-corrected chi connectivity index (χ3v) is 6.59. The standard InChI is InChI=1S/C24H29N5O5S/c1-5-34-22(30)16-28-21-14-19(29(35(4,32)33)13-12-27(2)3)10-11-20(21)26-24(28)23(31)18-8-6-17(15-25)7-9-18/h6-11,14,23,31H,5,12-13,16H2,1-4H3. The number of sulfonamides is 1. The summed E-state index contributed by atoms with van der Waals surface area (Å²) in [7, 11) is 0.136. The number of imidazole rings is 1. The van der Waals surface area contributed by atoms with Gasteiger partial charge in [0.15, 0.2) is 0 Å². The molecule has 0 fully saturated rings. The Morgan fingerprint density at radius 1 is 1.20 bits per heavy atom. The van der Waals surface area contributed by atoms with E-state index in [0.717, 1.165) is 6.26 Å². The zero-order chi connectivity index (χ0) is 25.8. The number of rotatable bonds is 10. The lowest BCUT2D eigenvalue weighted by Gasteiger charge is -2.24. The van der Waals surface area contributed by atoms with Gasteiger partial charge in [-0.2, -0.15) is 5.26 Å². The van der Waals surface area contributed by atoms with Crippen molar-refractivity contribution < 1.29 is 23.1 Å². The van der Waals surface area contributed by atoms with Gasteiger partial charge in [0.25, 0.3) is 0 Å². The summed E-state index contributed by atoms with van der Waals surface area (Å²) in [6, 6.07) is 13.4. The molecule has 0 spiro atoms. The molecule has 1 unspecified atom stereocenters. The Hall–Kier alpha value is -3.46. The lowest BCUT2D eigenvalue weighted by atomic mass is 10.1. The van der Waals surface area contributed by atoms with Crippen molar-refractivity contribution >= 4 is 32.7 Å². The van der Waals surface area contributed by atoms with Crippen LogP contribution in [-0.4, -0.2) is 74.0 Å². The first kappa shape index (κ1) is 26.2. The van der Waals surface area contributed by atoms with Crippen LogP contribution >= 0.6 is 0 Å². The van der Waals surface area contributed by atoms with Crippen LogP contribution in [0.3, 0.4) is 0 Å². The van der Waals surface area contributed by atoms with E-state index >= 15 is 0 Å². The number of nitrogens with zero attached hydrogens (tertiary/aromatic N) is 5. The van der Waals surface area contributed by atoms with Crippen LogP contribution in [0.5, 0.6) is 0 Å². The Balaban J connectivity index is 2.13. The fourth-order valence-corrected chi connectivity index (χ4v) is 4.57. The normalized spacial score (nSPS) is 12.5. The Bertz CT molecular complexity index is 1340. The molecule has 0 aliphatic carbocycles. The van der Waals surface area contributed by atoms with Gasteiger partial charge in [0.05, 0.1) is 41.2 Å². The summed E-state index contributed by atoms with van der Waals surface area (Å²) < 4.78 is 33.0. The van der Waals surface area contributed by atoms with Gasteiger partial charge in [0.1, 0.15) is 18.5 Å². The van der Waals surface area contributed by atoms with Crippen LogP contribution in [0.15, 0.2) is 42.5 Å². The predicted octanol–water partition coefficient (Wildman–Crippen LogP) is 1.88. The Kier molecular flexibility index (Phi) is 8.11. The number of carbonyl (C=O) groups is 1. The van der Waals surface area contributed by atoms with Gasteiger partial charge in [-0.25, -0.2) is 13.4 Å². The molecule has 1 atom stereocenters. The Morgan fingerprint density at radius 2 is 1.89 bits per heavy atom.